The fourth-order valence-electron chi connectivity index (χ4n) is 2.52. The first-order chi connectivity index (χ1) is 8.15. The van der Waals surface area contributed by atoms with Gasteiger partial charge in [-0.15, -0.1) is 0 Å². The van der Waals surface area contributed by atoms with E-state index in [1.807, 2.05) is 0 Å². The molecule has 2 aromatic rings. The maximum absolute atomic E-state index is 3.48. The van der Waals surface area contributed by atoms with Crippen LogP contribution in [-0.4, -0.2) is 0 Å². The van der Waals surface area contributed by atoms with Gasteiger partial charge in [0.1, 0.15) is 0 Å². The van der Waals surface area contributed by atoms with Crippen LogP contribution in [0.2, 0.25) is 0 Å². The molecule has 0 heteroatoms. The fourth-order valence-corrected chi connectivity index (χ4v) is 2.52. The van der Waals surface area contributed by atoms with Gasteiger partial charge < -0.3 is 0 Å². The van der Waals surface area contributed by atoms with Gasteiger partial charge in [0.05, 0.1) is 0 Å². The lowest BCUT2D eigenvalue weighted by atomic mass is 9.88. The van der Waals surface area contributed by atoms with E-state index in [-0.39, 0.29) is 0 Å². The fraction of sp³-hybridized carbons (Fsp3) is 0.294. The maximum Gasteiger partial charge on any atom is -0.0111 e. The average Bonchev–Trinajstić information content (AvgIpc) is 2.34. The van der Waals surface area contributed by atoms with E-state index in [0.29, 0.717) is 0 Å². The maximum atomic E-state index is 3.48. The third-order valence-corrected chi connectivity index (χ3v) is 3.48. The average molecular weight is 223 g/mol. The topological polar surface area (TPSA) is 0 Å². The van der Waals surface area contributed by atoms with Crippen LogP contribution in [0.3, 0.4) is 0 Å². The molecule has 0 aromatic heterocycles. The molecule has 0 heterocycles. The van der Waals surface area contributed by atoms with Crippen LogP contribution in [0.5, 0.6) is 0 Å². The molecule has 0 fully saturated rings. The zero-order chi connectivity index (χ0) is 12.4. The van der Waals surface area contributed by atoms with Crippen molar-refractivity contribution in [2.75, 3.05) is 0 Å². The Hall–Kier alpha value is -1.56. The van der Waals surface area contributed by atoms with Gasteiger partial charge in [-0.05, 0) is 66.6 Å². The van der Waals surface area contributed by atoms with Crippen LogP contribution in [0.4, 0.5) is 0 Å². The lowest BCUT2D eigenvalue weighted by molar-refractivity contribution is 1.09. The molecule has 0 atom stereocenters. The minimum atomic E-state index is 1.08. The minimum Gasteiger partial charge on any atom is -0.0622 e. The van der Waals surface area contributed by atoms with Gasteiger partial charge in [-0.3, -0.25) is 0 Å². The molecule has 2 aromatic carbocycles. The highest BCUT2D eigenvalue weighted by molar-refractivity contribution is 5.72. The van der Waals surface area contributed by atoms with Crippen molar-refractivity contribution in [1.82, 2.24) is 0 Å². The van der Waals surface area contributed by atoms with E-state index in [4.69, 9.17) is 0 Å². The molecular formula is C17H19. The van der Waals surface area contributed by atoms with E-state index in [1.54, 1.807) is 0 Å². The van der Waals surface area contributed by atoms with E-state index < -0.39 is 0 Å². The Balaban J connectivity index is 2.73. The molecule has 2 rings (SSSR count). The Kier molecular flexibility index (Phi) is 3.33. The first-order valence-corrected chi connectivity index (χ1v) is 6.22. The summed E-state index contributed by atoms with van der Waals surface area (Å²) >= 11 is 0. The van der Waals surface area contributed by atoms with E-state index in [0.717, 1.165) is 6.42 Å². The molecule has 0 unspecified atom stereocenters. The van der Waals surface area contributed by atoms with Crippen LogP contribution in [-0.2, 0) is 6.42 Å². The predicted molar refractivity (Wildman–Crippen MR) is 74.3 cm³/mol. The van der Waals surface area contributed by atoms with Crippen molar-refractivity contribution >= 4 is 0 Å². The molecule has 0 N–H and O–H groups in total. The molecule has 0 aliphatic carbocycles. The van der Waals surface area contributed by atoms with E-state index in [1.165, 1.54) is 33.4 Å². The Morgan fingerprint density at radius 1 is 0.941 bits per heavy atom. The standard InChI is InChI=1S/C17H19/c1-5-16-14(4)12(2)11-13(3)17(16)15-9-7-6-8-10-15/h6-10H,5H2,1-4H3. The van der Waals surface area contributed by atoms with Crippen LogP contribution in [0.25, 0.3) is 11.1 Å². The van der Waals surface area contributed by atoms with Crippen LogP contribution in [0.15, 0.2) is 30.3 Å². The zero-order valence-electron chi connectivity index (χ0n) is 11.1. The van der Waals surface area contributed by atoms with Gasteiger partial charge in [0, 0.05) is 0 Å². The minimum absolute atomic E-state index is 1.08. The number of hydrogen-bond donors (Lipinski definition) is 0. The van der Waals surface area contributed by atoms with Gasteiger partial charge in [0.2, 0.25) is 0 Å². The van der Waals surface area contributed by atoms with Crippen molar-refractivity contribution in [3.8, 4) is 11.1 Å². The number of benzene rings is 2. The summed E-state index contributed by atoms with van der Waals surface area (Å²) in [5.74, 6) is 0. The molecule has 0 bridgehead atoms. The Labute approximate surface area is 104 Å². The summed E-state index contributed by atoms with van der Waals surface area (Å²) in [6, 6.07) is 14.1. The second-order valence-corrected chi connectivity index (χ2v) is 4.57. The Bertz CT molecular complexity index is 521. The molecular weight excluding hydrogens is 204 g/mol. The number of hydrogen-bond acceptors (Lipinski definition) is 0. The van der Waals surface area contributed by atoms with Gasteiger partial charge in [-0.1, -0.05) is 37.3 Å². The predicted octanol–water partition coefficient (Wildman–Crippen LogP) is 4.64. The molecule has 0 nitrogen and oxygen atoms in total. The molecule has 1 radical (unpaired) electrons. The van der Waals surface area contributed by atoms with Gasteiger partial charge in [-0.25, -0.2) is 0 Å². The van der Waals surface area contributed by atoms with Crippen molar-refractivity contribution in [1.29, 1.82) is 0 Å². The second-order valence-electron chi connectivity index (χ2n) is 4.57. The van der Waals surface area contributed by atoms with E-state index in [9.17, 15) is 0 Å². The summed E-state index contributed by atoms with van der Waals surface area (Å²) in [4.78, 5) is 0. The van der Waals surface area contributed by atoms with Crippen molar-refractivity contribution in [2.24, 2.45) is 0 Å². The Morgan fingerprint density at radius 3 is 2.18 bits per heavy atom. The molecule has 17 heavy (non-hydrogen) atoms. The lowest BCUT2D eigenvalue weighted by Gasteiger charge is -2.16. The van der Waals surface area contributed by atoms with Gasteiger partial charge >= 0.3 is 0 Å². The normalized spacial score (nSPS) is 10.6. The molecule has 0 spiro atoms. The highest BCUT2D eigenvalue weighted by Gasteiger charge is 2.11. The first-order valence-electron chi connectivity index (χ1n) is 6.22. The summed E-state index contributed by atoms with van der Waals surface area (Å²) in [7, 11) is 0. The lowest BCUT2D eigenvalue weighted by Crippen LogP contribution is -1.98. The van der Waals surface area contributed by atoms with Crippen LogP contribution >= 0.6 is 0 Å². The monoisotopic (exact) mass is 223 g/mol. The van der Waals surface area contributed by atoms with Crippen molar-refractivity contribution in [3.05, 3.63) is 58.7 Å². The van der Waals surface area contributed by atoms with Gasteiger partial charge in [0.15, 0.2) is 0 Å². The quantitative estimate of drug-likeness (QED) is 0.695. The molecule has 87 valence electrons. The second kappa shape index (κ2) is 4.75. The highest BCUT2D eigenvalue weighted by atomic mass is 14.2. The van der Waals surface area contributed by atoms with Crippen molar-refractivity contribution < 1.29 is 0 Å². The third-order valence-electron chi connectivity index (χ3n) is 3.48. The summed E-state index contributed by atoms with van der Waals surface area (Å²) in [6.45, 7) is 8.74. The first kappa shape index (κ1) is 11.9. The van der Waals surface area contributed by atoms with Gasteiger partial charge in [-0.2, -0.15) is 0 Å². The zero-order valence-corrected chi connectivity index (χ0v) is 11.1. The van der Waals surface area contributed by atoms with E-state index >= 15 is 0 Å². The summed E-state index contributed by atoms with van der Waals surface area (Å²) < 4.78 is 0. The highest BCUT2D eigenvalue weighted by Crippen LogP contribution is 2.31. The van der Waals surface area contributed by atoms with Crippen molar-refractivity contribution in [2.45, 2.75) is 34.1 Å². The van der Waals surface area contributed by atoms with Crippen LogP contribution in [0, 0.1) is 26.8 Å². The molecule has 0 amide bonds. The molecule has 0 saturated carbocycles. The third kappa shape index (κ3) is 2.12. The summed E-state index contributed by atoms with van der Waals surface area (Å²) in [6.07, 6.45) is 1.08. The van der Waals surface area contributed by atoms with Crippen molar-refractivity contribution in [3.63, 3.8) is 0 Å². The molecule has 0 aliphatic heterocycles. The van der Waals surface area contributed by atoms with E-state index in [2.05, 4.69) is 64.1 Å². The van der Waals surface area contributed by atoms with Gasteiger partial charge in [0.25, 0.3) is 0 Å². The van der Waals surface area contributed by atoms with Crippen LogP contribution < -0.4 is 0 Å². The molecule has 0 saturated heterocycles. The summed E-state index contributed by atoms with van der Waals surface area (Å²) in [5, 5.41) is 0. The largest absolute Gasteiger partial charge is 0.0622 e. The van der Waals surface area contributed by atoms with Crippen LogP contribution in [0.1, 0.15) is 29.2 Å². The molecule has 0 aliphatic rings. The SMILES string of the molecule is CCc1c(C)c(C)[c]c(C)c1-c1ccccc1. The summed E-state index contributed by atoms with van der Waals surface area (Å²) in [5.41, 5.74) is 8.06. The Morgan fingerprint density at radius 2 is 1.59 bits per heavy atom. The number of rotatable bonds is 2. The smallest absolute Gasteiger partial charge is 0.0111 e. The number of aryl methyl sites for hydroxylation is 2.